The molecule has 1 aliphatic heterocycles. The molecule has 6 nitrogen and oxygen atoms in total. The third-order valence-corrected chi connectivity index (χ3v) is 4.33. The summed E-state index contributed by atoms with van der Waals surface area (Å²) in [6, 6.07) is 12.6. The van der Waals surface area contributed by atoms with E-state index in [1.807, 2.05) is 31.2 Å². The predicted molar refractivity (Wildman–Crippen MR) is 99.7 cm³/mol. The molecule has 2 N–H and O–H groups in total. The van der Waals surface area contributed by atoms with E-state index in [1.165, 1.54) is 0 Å². The van der Waals surface area contributed by atoms with Gasteiger partial charge >= 0.3 is 0 Å². The van der Waals surface area contributed by atoms with Crippen LogP contribution in [0.3, 0.4) is 0 Å². The highest BCUT2D eigenvalue weighted by Gasteiger charge is 2.36. The smallest absolute Gasteiger partial charge is 0.239 e. The monoisotopic (exact) mass is 354 g/mol. The van der Waals surface area contributed by atoms with E-state index in [-0.39, 0.29) is 5.91 Å². The second kappa shape index (κ2) is 7.07. The van der Waals surface area contributed by atoms with Gasteiger partial charge in [0.15, 0.2) is 11.5 Å². The fourth-order valence-corrected chi connectivity index (χ4v) is 2.50. The summed E-state index contributed by atoms with van der Waals surface area (Å²) in [5.41, 5.74) is 0.924. The Bertz CT molecular complexity index is 845. The van der Waals surface area contributed by atoms with Crippen LogP contribution in [0, 0.1) is 12.3 Å². The van der Waals surface area contributed by atoms with Gasteiger partial charge < -0.3 is 20.1 Å². The quantitative estimate of drug-likeness (QED) is 0.826. The predicted octanol–water partition coefficient (Wildman–Crippen LogP) is 3.37. The van der Waals surface area contributed by atoms with E-state index in [4.69, 9.17) is 9.47 Å². The summed E-state index contributed by atoms with van der Waals surface area (Å²) in [7, 11) is 0. The number of hydrogen-bond acceptors (Lipinski definition) is 4. The first-order chi connectivity index (χ1) is 12.4. The maximum Gasteiger partial charge on any atom is 0.239 e. The zero-order valence-corrected chi connectivity index (χ0v) is 15.1. The average Bonchev–Trinajstić information content (AvgIpc) is 2.63. The molecular formula is C20H22N2O4. The van der Waals surface area contributed by atoms with Crippen LogP contribution in [0.5, 0.6) is 11.5 Å². The number of hydrogen-bond donors (Lipinski definition) is 2. The maximum absolute atomic E-state index is 12.7. The standard InChI is InChI=1S/C20H22N2O4/c1-13-6-4-5-7-15(13)22-19(24)20(2,3)18(23)21-14-8-9-16-17(12-14)26-11-10-25-16/h4-9,12H,10-11H2,1-3H3,(H,21,23)(H,22,24). The Morgan fingerprint density at radius 1 is 0.923 bits per heavy atom. The highest BCUT2D eigenvalue weighted by molar-refractivity contribution is 6.14. The Balaban J connectivity index is 1.71. The summed E-state index contributed by atoms with van der Waals surface area (Å²) < 4.78 is 11.0. The van der Waals surface area contributed by atoms with Crippen LogP contribution in [0.15, 0.2) is 42.5 Å². The zero-order chi connectivity index (χ0) is 18.7. The van der Waals surface area contributed by atoms with Crippen molar-refractivity contribution in [3.63, 3.8) is 0 Å². The van der Waals surface area contributed by atoms with Gasteiger partial charge in [0.25, 0.3) is 0 Å². The molecule has 0 spiro atoms. The minimum absolute atomic E-state index is 0.373. The van der Waals surface area contributed by atoms with Gasteiger partial charge in [-0.15, -0.1) is 0 Å². The van der Waals surface area contributed by atoms with Crippen molar-refractivity contribution in [2.45, 2.75) is 20.8 Å². The number of para-hydroxylation sites is 1. The highest BCUT2D eigenvalue weighted by atomic mass is 16.6. The second-order valence-electron chi connectivity index (χ2n) is 6.71. The van der Waals surface area contributed by atoms with Crippen molar-refractivity contribution in [3.8, 4) is 11.5 Å². The number of carbonyl (C=O) groups excluding carboxylic acids is 2. The molecule has 2 amide bonds. The Kier molecular flexibility index (Phi) is 4.84. The van der Waals surface area contributed by atoms with E-state index in [0.717, 1.165) is 5.56 Å². The summed E-state index contributed by atoms with van der Waals surface area (Å²) in [6.45, 7) is 6.05. The van der Waals surface area contributed by atoms with Gasteiger partial charge in [-0.3, -0.25) is 9.59 Å². The topological polar surface area (TPSA) is 76.7 Å². The van der Waals surface area contributed by atoms with Crippen LogP contribution in [-0.2, 0) is 9.59 Å². The Labute approximate surface area is 152 Å². The summed E-state index contributed by atoms with van der Waals surface area (Å²) >= 11 is 0. The van der Waals surface area contributed by atoms with E-state index < -0.39 is 11.3 Å². The lowest BCUT2D eigenvalue weighted by Gasteiger charge is -2.24. The summed E-state index contributed by atoms with van der Waals surface area (Å²) in [4.78, 5) is 25.3. The van der Waals surface area contributed by atoms with Gasteiger partial charge in [-0.2, -0.15) is 0 Å². The van der Waals surface area contributed by atoms with E-state index in [0.29, 0.717) is 36.1 Å². The first-order valence-electron chi connectivity index (χ1n) is 8.46. The van der Waals surface area contributed by atoms with Gasteiger partial charge in [-0.1, -0.05) is 18.2 Å². The molecule has 2 aromatic carbocycles. The maximum atomic E-state index is 12.7. The number of anilines is 2. The number of benzene rings is 2. The van der Waals surface area contributed by atoms with E-state index in [2.05, 4.69) is 10.6 Å². The molecule has 0 saturated heterocycles. The zero-order valence-electron chi connectivity index (χ0n) is 15.1. The number of amides is 2. The Hall–Kier alpha value is -3.02. The van der Waals surface area contributed by atoms with Crippen LogP contribution in [0.2, 0.25) is 0 Å². The van der Waals surface area contributed by atoms with Crippen molar-refractivity contribution in [2.24, 2.45) is 5.41 Å². The van der Waals surface area contributed by atoms with Crippen LogP contribution >= 0.6 is 0 Å². The number of nitrogens with one attached hydrogen (secondary N) is 2. The van der Waals surface area contributed by atoms with Crippen LogP contribution < -0.4 is 20.1 Å². The van der Waals surface area contributed by atoms with Gasteiger partial charge in [0, 0.05) is 17.4 Å². The van der Waals surface area contributed by atoms with Crippen molar-refractivity contribution >= 4 is 23.2 Å². The molecule has 1 aliphatic rings. The first-order valence-corrected chi connectivity index (χ1v) is 8.46. The third-order valence-electron chi connectivity index (χ3n) is 4.33. The molecule has 3 rings (SSSR count). The summed E-state index contributed by atoms with van der Waals surface area (Å²) in [5, 5.41) is 5.60. The molecule has 0 atom stereocenters. The molecule has 0 radical (unpaired) electrons. The van der Waals surface area contributed by atoms with Crippen LogP contribution in [0.25, 0.3) is 0 Å². The Morgan fingerprint density at radius 3 is 2.31 bits per heavy atom. The van der Waals surface area contributed by atoms with Crippen LogP contribution in [0.1, 0.15) is 19.4 Å². The van der Waals surface area contributed by atoms with Gasteiger partial charge in [-0.25, -0.2) is 0 Å². The van der Waals surface area contributed by atoms with Gasteiger partial charge in [0.2, 0.25) is 11.8 Å². The van der Waals surface area contributed by atoms with Gasteiger partial charge in [0.1, 0.15) is 18.6 Å². The van der Waals surface area contributed by atoms with Crippen molar-refractivity contribution in [1.82, 2.24) is 0 Å². The average molecular weight is 354 g/mol. The molecule has 0 bridgehead atoms. The molecule has 26 heavy (non-hydrogen) atoms. The van der Waals surface area contributed by atoms with Crippen molar-refractivity contribution in [2.75, 3.05) is 23.8 Å². The number of ether oxygens (including phenoxy) is 2. The lowest BCUT2D eigenvalue weighted by atomic mass is 9.90. The molecule has 0 saturated carbocycles. The number of carbonyl (C=O) groups is 2. The molecule has 0 fully saturated rings. The SMILES string of the molecule is Cc1ccccc1NC(=O)C(C)(C)C(=O)Nc1ccc2c(c1)OCCO2. The molecule has 2 aromatic rings. The lowest BCUT2D eigenvalue weighted by molar-refractivity contribution is -0.135. The van der Waals surface area contributed by atoms with Crippen LogP contribution in [0.4, 0.5) is 11.4 Å². The van der Waals surface area contributed by atoms with Crippen molar-refractivity contribution < 1.29 is 19.1 Å². The molecule has 0 unspecified atom stereocenters. The van der Waals surface area contributed by atoms with E-state index in [1.54, 1.807) is 32.0 Å². The fourth-order valence-electron chi connectivity index (χ4n) is 2.50. The normalized spacial score (nSPS) is 13.0. The number of fused-ring (bicyclic) bond motifs is 1. The summed E-state index contributed by atoms with van der Waals surface area (Å²) in [6.07, 6.45) is 0. The van der Waals surface area contributed by atoms with Crippen LogP contribution in [-0.4, -0.2) is 25.0 Å². The largest absolute Gasteiger partial charge is 0.486 e. The second-order valence-corrected chi connectivity index (χ2v) is 6.71. The highest BCUT2D eigenvalue weighted by Crippen LogP contribution is 2.33. The minimum atomic E-state index is -1.25. The third kappa shape index (κ3) is 3.64. The molecule has 1 heterocycles. The van der Waals surface area contributed by atoms with E-state index >= 15 is 0 Å². The molecule has 0 aliphatic carbocycles. The molecule has 6 heteroatoms. The summed E-state index contributed by atoms with van der Waals surface area (Å²) in [5.74, 6) is 0.448. The molecule has 136 valence electrons. The first kappa shape index (κ1) is 17.8. The van der Waals surface area contributed by atoms with Gasteiger partial charge in [0.05, 0.1) is 0 Å². The van der Waals surface area contributed by atoms with Crippen molar-refractivity contribution in [1.29, 1.82) is 0 Å². The molecular weight excluding hydrogens is 332 g/mol. The molecule has 0 aromatic heterocycles. The van der Waals surface area contributed by atoms with E-state index in [9.17, 15) is 9.59 Å². The lowest BCUT2D eigenvalue weighted by Crippen LogP contribution is -2.41. The minimum Gasteiger partial charge on any atom is -0.486 e. The fraction of sp³-hybridized carbons (Fsp3) is 0.300. The van der Waals surface area contributed by atoms with Crippen molar-refractivity contribution in [3.05, 3.63) is 48.0 Å². The Morgan fingerprint density at radius 2 is 1.58 bits per heavy atom. The number of aryl methyl sites for hydroxylation is 1. The number of rotatable bonds is 4. The van der Waals surface area contributed by atoms with Gasteiger partial charge in [-0.05, 0) is 44.5 Å².